The molecule has 0 saturated carbocycles. The van der Waals surface area contributed by atoms with Crippen LogP contribution in [0.3, 0.4) is 0 Å². The van der Waals surface area contributed by atoms with Gasteiger partial charge in [0, 0.05) is 12.5 Å². The third kappa shape index (κ3) is 3.10. The van der Waals surface area contributed by atoms with E-state index in [1.165, 1.54) is 6.92 Å². The van der Waals surface area contributed by atoms with Crippen LogP contribution in [0.15, 0.2) is 24.8 Å². The van der Waals surface area contributed by atoms with Gasteiger partial charge in [-0.25, -0.2) is 0 Å². The Hall–Kier alpha value is -1.28. The number of carbonyl (C=O) groups excluding carboxylic acids is 1. The van der Waals surface area contributed by atoms with Gasteiger partial charge in [0.1, 0.15) is 5.75 Å². The fourth-order valence-corrected chi connectivity index (χ4v) is 1.35. The minimum absolute atomic E-state index is 0.113. The summed E-state index contributed by atoms with van der Waals surface area (Å²) in [7, 11) is 0. The highest BCUT2D eigenvalue weighted by molar-refractivity contribution is 6.20. The molecule has 0 heterocycles. The predicted octanol–water partition coefficient (Wildman–Crippen LogP) is 3.55. The fraction of sp³-hybridized carbons (Fsp3) is 0.250. The third-order valence-electron chi connectivity index (χ3n) is 1.97. The van der Waals surface area contributed by atoms with E-state index in [1.54, 1.807) is 12.1 Å². The maximum atomic E-state index is 10.9. The second-order valence-electron chi connectivity index (χ2n) is 3.21. The van der Waals surface area contributed by atoms with Gasteiger partial charge in [0.25, 0.3) is 0 Å². The van der Waals surface area contributed by atoms with Gasteiger partial charge in [0.15, 0.2) is 0 Å². The van der Waals surface area contributed by atoms with Gasteiger partial charge in [-0.2, -0.15) is 0 Å². The minimum atomic E-state index is -0.350. The van der Waals surface area contributed by atoms with E-state index in [9.17, 15) is 4.79 Å². The van der Waals surface area contributed by atoms with Gasteiger partial charge in [0.2, 0.25) is 0 Å². The van der Waals surface area contributed by atoms with Crippen molar-refractivity contribution in [2.24, 2.45) is 0 Å². The Balaban J connectivity index is 3.12. The molecule has 1 aromatic carbocycles. The van der Waals surface area contributed by atoms with E-state index >= 15 is 0 Å². The normalized spacial score (nSPS) is 11.9. The molecular weight excluding hydrogens is 212 g/mol. The molecule has 0 spiro atoms. The third-order valence-corrected chi connectivity index (χ3v) is 2.22. The van der Waals surface area contributed by atoms with Crippen LogP contribution in [0.5, 0.6) is 5.75 Å². The van der Waals surface area contributed by atoms with Crippen LogP contribution < -0.4 is 4.74 Å². The molecule has 80 valence electrons. The molecule has 1 unspecified atom stereocenters. The maximum Gasteiger partial charge on any atom is 0.308 e. The van der Waals surface area contributed by atoms with E-state index in [-0.39, 0.29) is 11.3 Å². The number of benzene rings is 1. The van der Waals surface area contributed by atoms with E-state index in [0.29, 0.717) is 5.75 Å². The molecule has 1 atom stereocenters. The molecule has 2 nitrogen and oxygen atoms in total. The summed E-state index contributed by atoms with van der Waals surface area (Å²) in [4.78, 5) is 10.9. The number of ether oxygens (including phenoxy) is 1. The molecule has 0 radical (unpaired) electrons. The first-order valence-electron chi connectivity index (χ1n) is 4.63. The van der Waals surface area contributed by atoms with Crippen molar-refractivity contribution in [2.45, 2.75) is 19.2 Å². The Morgan fingerprint density at radius 2 is 2.27 bits per heavy atom. The van der Waals surface area contributed by atoms with E-state index in [0.717, 1.165) is 11.1 Å². The molecule has 3 heteroatoms. The Morgan fingerprint density at radius 3 is 2.73 bits per heavy atom. The summed E-state index contributed by atoms with van der Waals surface area (Å²) in [5.41, 5.74) is 1.70. The molecule has 0 aliphatic rings. The molecule has 1 aromatic rings. The van der Waals surface area contributed by atoms with Crippen molar-refractivity contribution in [1.29, 1.82) is 0 Å². The van der Waals surface area contributed by atoms with Crippen molar-refractivity contribution in [3.63, 3.8) is 0 Å². The Morgan fingerprint density at radius 1 is 1.60 bits per heavy atom. The summed E-state index contributed by atoms with van der Waals surface area (Å²) >= 11 is 5.94. The van der Waals surface area contributed by atoms with E-state index in [2.05, 4.69) is 6.58 Å². The maximum absolute atomic E-state index is 10.9. The van der Waals surface area contributed by atoms with E-state index in [1.807, 2.05) is 19.1 Å². The summed E-state index contributed by atoms with van der Waals surface area (Å²) < 4.78 is 5.06. The van der Waals surface area contributed by atoms with Crippen molar-refractivity contribution in [3.8, 4) is 5.75 Å². The lowest BCUT2D eigenvalue weighted by Crippen LogP contribution is -2.03. The Bertz CT molecular complexity index is 383. The smallest absolute Gasteiger partial charge is 0.308 e. The van der Waals surface area contributed by atoms with Crippen LogP contribution in [-0.2, 0) is 4.79 Å². The first-order valence-corrected chi connectivity index (χ1v) is 5.07. The molecule has 0 aliphatic carbocycles. The molecule has 0 saturated heterocycles. The molecule has 0 aromatic heterocycles. The second-order valence-corrected chi connectivity index (χ2v) is 3.87. The Kier molecular flexibility index (Phi) is 3.92. The van der Waals surface area contributed by atoms with Crippen molar-refractivity contribution in [3.05, 3.63) is 35.9 Å². The quantitative estimate of drug-likeness (QED) is 0.446. The first kappa shape index (κ1) is 11.8. The van der Waals surface area contributed by atoms with Gasteiger partial charge in [0.05, 0.1) is 5.38 Å². The highest BCUT2D eigenvalue weighted by Gasteiger charge is 2.08. The monoisotopic (exact) mass is 224 g/mol. The van der Waals surface area contributed by atoms with Crippen LogP contribution in [-0.4, -0.2) is 5.97 Å². The fourth-order valence-electron chi connectivity index (χ4n) is 1.21. The Labute approximate surface area is 94.5 Å². The molecular formula is C12H13ClO2. The van der Waals surface area contributed by atoms with Gasteiger partial charge in [-0.15, -0.1) is 11.6 Å². The summed E-state index contributed by atoms with van der Waals surface area (Å²) in [5.74, 6) is 0.153. The number of rotatable bonds is 3. The van der Waals surface area contributed by atoms with Gasteiger partial charge in [-0.05, 0) is 18.6 Å². The molecule has 0 aliphatic heterocycles. The zero-order valence-electron chi connectivity index (χ0n) is 8.79. The summed E-state index contributed by atoms with van der Waals surface area (Å²) in [6.45, 7) is 6.88. The highest BCUT2D eigenvalue weighted by Crippen LogP contribution is 2.27. The average Bonchev–Trinajstić information content (AvgIpc) is 2.16. The number of halogens is 1. The van der Waals surface area contributed by atoms with Gasteiger partial charge < -0.3 is 4.74 Å². The molecule has 15 heavy (non-hydrogen) atoms. The molecule has 0 fully saturated rings. The lowest BCUT2D eigenvalue weighted by molar-refractivity contribution is -0.131. The van der Waals surface area contributed by atoms with Crippen molar-refractivity contribution >= 4 is 23.6 Å². The second kappa shape index (κ2) is 4.99. The van der Waals surface area contributed by atoms with Crippen molar-refractivity contribution in [2.75, 3.05) is 0 Å². The molecule has 0 amide bonds. The van der Waals surface area contributed by atoms with Crippen LogP contribution in [0.4, 0.5) is 0 Å². The van der Waals surface area contributed by atoms with Gasteiger partial charge in [-0.1, -0.05) is 24.8 Å². The summed E-state index contributed by atoms with van der Waals surface area (Å²) in [5, 5.41) is -0.113. The number of hydrogen-bond donors (Lipinski definition) is 0. The number of esters is 1. The molecule has 0 bridgehead atoms. The SMILES string of the molecule is C=Cc1ccc(C(C)Cl)cc1OC(C)=O. The zero-order chi connectivity index (χ0) is 11.4. The number of alkyl halides is 1. The predicted molar refractivity (Wildman–Crippen MR) is 62.1 cm³/mol. The van der Waals surface area contributed by atoms with Crippen LogP contribution in [0.1, 0.15) is 30.4 Å². The number of carbonyl (C=O) groups is 1. The minimum Gasteiger partial charge on any atom is -0.426 e. The summed E-state index contributed by atoms with van der Waals surface area (Å²) in [6.07, 6.45) is 1.64. The number of hydrogen-bond acceptors (Lipinski definition) is 2. The first-order chi connectivity index (χ1) is 7.04. The zero-order valence-corrected chi connectivity index (χ0v) is 9.54. The standard InChI is InChI=1S/C12H13ClO2/c1-4-10-5-6-11(8(2)13)7-12(10)15-9(3)14/h4-8H,1H2,2-3H3. The van der Waals surface area contributed by atoms with Crippen molar-refractivity contribution < 1.29 is 9.53 Å². The van der Waals surface area contributed by atoms with Crippen LogP contribution >= 0.6 is 11.6 Å². The van der Waals surface area contributed by atoms with Crippen LogP contribution in [0.2, 0.25) is 0 Å². The topological polar surface area (TPSA) is 26.3 Å². The van der Waals surface area contributed by atoms with Gasteiger partial charge >= 0.3 is 5.97 Å². The summed E-state index contributed by atoms with van der Waals surface area (Å²) in [6, 6.07) is 5.48. The van der Waals surface area contributed by atoms with Gasteiger partial charge in [-0.3, -0.25) is 4.79 Å². The lowest BCUT2D eigenvalue weighted by atomic mass is 10.1. The average molecular weight is 225 g/mol. The van der Waals surface area contributed by atoms with Crippen molar-refractivity contribution in [1.82, 2.24) is 0 Å². The molecule has 1 rings (SSSR count). The van der Waals surface area contributed by atoms with Crippen LogP contribution in [0.25, 0.3) is 6.08 Å². The van der Waals surface area contributed by atoms with Crippen LogP contribution in [0, 0.1) is 0 Å². The highest BCUT2D eigenvalue weighted by atomic mass is 35.5. The largest absolute Gasteiger partial charge is 0.426 e. The van der Waals surface area contributed by atoms with E-state index < -0.39 is 0 Å². The lowest BCUT2D eigenvalue weighted by Gasteiger charge is -2.09. The van der Waals surface area contributed by atoms with E-state index in [4.69, 9.17) is 16.3 Å². The molecule has 0 N–H and O–H groups in total.